The Morgan fingerprint density at radius 1 is 1.21 bits per heavy atom. The first-order valence-corrected chi connectivity index (χ1v) is 4.12. The van der Waals surface area contributed by atoms with Crippen molar-refractivity contribution in [2.45, 2.75) is 16.4 Å². The molecule has 2 N–H and O–H groups in total. The van der Waals surface area contributed by atoms with E-state index in [9.17, 15) is 18.0 Å². The number of carboxylic acids is 1. The molecule has 0 fully saturated rings. The van der Waals surface area contributed by atoms with Crippen LogP contribution < -0.4 is 0 Å². The van der Waals surface area contributed by atoms with Crippen LogP contribution in [0.15, 0.2) is 0 Å². The zero-order valence-electron chi connectivity index (χ0n) is 6.48. The number of carboxylic acid groups (broad SMARTS) is 1. The summed E-state index contributed by atoms with van der Waals surface area (Å²) >= 11 is 13.2. The Bertz CT molecular complexity index is 165. The van der Waals surface area contributed by atoms with E-state index < -0.39 is 15.9 Å². The van der Waals surface area contributed by atoms with Crippen molar-refractivity contribution >= 4 is 40.8 Å². The summed E-state index contributed by atoms with van der Waals surface area (Å²) in [5.74, 6) is -0.961. The Kier molecular flexibility index (Phi) is 7.73. The van der Waals surface area contributed by atoms with Crippen molar-refractivity contribution in [2.75, 3.05) is 6.61 Å². The van der Waals surface area contributed by atoms with Crippen molar-refractivity contribution in [3.63, 3.8) is 0 Å². The van der Waals surface area contributed by atoms with Crippen LogP contribution in [0.5, 0.6) is 0 Å². The first kappa shape index (κ1) is 16.5. The molecule has 0 aromatic rings. The third-order valence-electron chi connectivity index (χ3n) is 0.647. The maximum absolute atomic E-state index is 11.2. The molecule has 0 radical (unpaired) electrons. The second-order valence-corrected chi connectivity index (χ2v) is 4.14. The molecule has 0 atom stereocenters. The number of aliphatic carboxylic acids is 1. The molecule has 0 bridgehead atoms. The van der Waals surface area contributed by atoms with Crippen LogP contribution >= 0.6 is 34.8 Å². The van der Waals surface area contributed by atoms with Crippen LogP contribution in [-0.2, 0) is 4.79 Å². The third-order valence-corrected chi connectivity index (χ3v) is 1.29. The zero-order chi connectivity index (χ0) is 12.0. The van der Waals surface area contributed by atoms with Crippen LogP contribution in [0.25, 0.3) is 0 Å². The fourth-order valence-corrected chi connectivity index (χ4v) is 0.0956. The molecule has 86 valence electrons. The number of hydrogen-bond acceptors (Lipinski definition) is 2. The average molecular weight is 277 g/mol. The topological polar surface area (TPSA) is 57.5 Å². The molecule has 0 saturated heterocycles. The SMILES string of the molecule is FC(F)(F)C(Cl)(Cl)Cl.O=C(O)CCO. The predicted molar refractivity (Wildman–Crippen MR) is 45.7 cm³/mol. The van der Waals surface area contributed by atoms with Gasteiger partial charge in [0.25, 0.3) is 3.79 Å². The van der Waals surface area contributed by atoms with E-state index in [1.54, 1.807) is 0 Å². The van der Waals surface area contributed by atoms with Gasteiger partial charge in [0.15, 0.2) is 0 Å². The molecule has 9 heteroatoms. The smallest absolute Gasteiger partial charge is 0.435 e. The van der Waals surface area contributed by atoms with Gasteiger partial charge in [-0.1, -0.05) is 34.8 Å². The minimum atomic E-state index is -4.77. The summed E-state index contributed by atoms with van der Waals surface area (Å²) in [5, 5.41) is 15.6. The first-order valence-electron chi connectivity index (χ1n) is 2.98. The summed E-state index contributed by atoms with van der Waals surface area (Å²) in [7, 11) is 0. The fourth-order valence-electron chi connectivity index (χ4n) is 0.0956. The van der Waals surface area contributed by atoms with Gasteiger partial charge >= 0.3 is 12.1 Å². The summed E-state index contributed by atoms with van der Waals surface area (Å²) in [6.45, 7) is -0.269. The minimum absolute atomic E-state index is 0.153. The van der Waals surface area contributed by atoms with Crippen molar-refractivity contribution in [1.82, 2.24) is 0 Å². The summed E-state index contributed by atoms with van der Waals surface area (Å²) in [5.41, 5.74) is 0. The van der Waals surface area contributed by atoms with E-state index in [2.05, 4.69) is 34.8 Å². The molecule has 0 aliphatic rings. The molecule has 0 aromatic carbocycles. The van der Waals surface area contributed by atoms with Gasteiger partial charge in [0.05, 0.1) is 13.0 Å². The Morgan fingerprint density at radius 2 is 1.50 bits per heavy atom. The number of aliphatic hydroxyl groups excluding tert-OH is 1. The number of aliphatic hydroxyl groups is 1. The largest absolute Gasteiger partial charge is 0.481 e. The first-order chi connectivity index (χ1) is 6.02. The predicted octanol–water partition coefficient (Wildman–Crippen LogP) is 2.37. The Labute approximate surface area is 92.4 Å². The zero-order valence-corrected chi connectivity index (χ0v) is 8.75. The molecular weight excluding hydrogens is 271 g/mol. The van der Waals surface area contributed by atoms with Gasteiger partial charge < -0.3 is 10.2 Å². The highest BCUT2D eigenvalue weighted by molar-refractivity contribution is 6.68. The second kappa shape index (κ2) is 6.55. The fraction of sp³-hybridized carbons (Fsp3) is 0.800. The summed E-state index contributed by atoms with van der Waals surface area (Å²) < 4.78 is 30.4. The van der Waals surface area contributed by atoms with Gasteiger partial charge in [-0.2, -0.15) is 13.2 Å². The second-order valence-electron chi connectivity index (χ2n) is 1.86. The molecule has 0 unspecified atom stereocenters. The molecule has 0 aliphatic heterocycles. The van der Waals surface area contributed by atoms with E-state index in [-0.39, 0.29) is 13.0 Å². The average Bonchev–Trinajstić information content (AvgIpc) is 1.82. The van der Waals surface area contributed by atoms with Gasteiger partial charge in [0, 0.05) is 0 Å². The summed E-state index contributed by atoms with van der Waals surface area (Å²) in [6.07, 6.45) is -4.92. The molecular formula is C5H6Cl3F3O3. The van der Waals surface area contributed by atoms with E-state index in [1.807, 2.05) is 0 Å². The standard InChI is InChI=1S/C3H6O3.C2Cl3F3/c4-2-1-3(5)6;3-1(4,5)2(6,7)8/h4H,1-2H2,(H,5,6);. The van der Waals surface area contributed by atoms with Crippen LogP contribution in [-0.4, -0.2) is 32.8 Å². The van der Waals surface area contributed by atoms with Crippen LogP contribution in [0.3, 0.4) is 0 Å². The summed E-state index contributed by atoms with van der Waals surface area (Å²) in [6, 6.07) is 0. The molecule has 0 amide bonds. The highest BCUT2D eigenvalue weighted by atomic mass is 35.6. The molecule has 14 heavy (non-hydrogen) atoms. The molecule has 0 spiro atoms. The normalized spacial score (nSPS) is 11.6. The van der Waals surface area contributed by atoms with Crippen molar-refractivity contribution in [3.05, 3.63) is 0 Å². The van der Waals surface area contributed by atoms with E-state index in [0.29, 0.717) is 0 Å². The van der Waals surface area contributed by atoms with Crippen molar-refractivity contribution in [1.29, 1.82) is 0 Å². The Hall–Kier alpha value is 0.0900. The van der Waals surface area contributed by atoms with Crippen molar-refractivity contribution in [3.8, 4) is 0 Å². The van der Waals surface area contributed by atoms with Gasteiger partial charge in [-0.25, -0.2) is 0 Å². The Balaban J connectivity index is 0. The molecule has 0 rings (SSSR count). The van der Waals surface area contributed by atoms with E-state index in [0.717, 1.165) is 0 Å². The lowest BCUT2D eigenvalue weighted by Crippen LogP contribution is -2.27. The van der Waals surface area contributed by atoms with Crippen LogP contribution in [0.4, 0.5) is 13.2 Å². The van der Waals surface area contributed by atoms with Crippen molar-refractivity contribution in [2.24, 2.45) is 0 Å². The molecule has 0 aromatic heterocycles. The number of carbonyl (C=O) groups is 1. The van der Waals surface area contributed by atoms with Crippen LogP contribution in [0.2, 0.25) is 0 Å². The van der Waals surface area contributed by atoms with Gasteiger partial charge in [-0.3, -0.25) is 4.79 Å². The lowest BCUT2D eigenvalue weighted by Gasteiger charge is -2.13. The Morgan fingerprint density at radius 3 is 1.50 bits per heavy atom. The number of hydrogen-bond donors (Lipinski definition) is 2. The monoisotopic (exact) mass is 276 g/mol. The van der Waals surface area contributed by atoms with Crippen LogP contribution in [0, 0.1) is 0 Å². The van der Waals surface area contributed by atoms with Gasteiger partial charge in [-0.05, 0) is 0 Å². The number of rotatable bonds is 2. The third kappa shape index (κ3) is 10.2. The maximum Gasteiger partial charge on any atom is 0.435 e. The number of alkyl halides is 6. The highest BCUT2D eigenvalue weighted by Gasteiger charge is 2.51. The quantitative estimate of drug-likeness (QED) is 0.762. The van der Waals surface area contributed by atoms with Gasteiger partial charge in [0.1, 0.15) is 0 Å². The van der Waals surface area contributed by atoms with Gasteiger partial charge in [-0.15, -0.1) is 0 Å². The molecule has 0 saturated carbocycles. The summed E-state index contributed by atoms with van der Waals surface area (Å²) in [4.78, 5) is 9.44. The lowest BCUT2D eigenvalue weighted by atomic mass is 10.5. The molecule has 0 heterocycles. The van der Waals surface area contributed by atoms with Gasteiger partial charge in [0.2, 0.25) is 0 Å². The van der Waals surface area contributed by atoms with Crippen LogP contribution in [0.1, 0.15) is 6.42 Å². The van der Waals surface area contributed by atoms with E-state index >= 15 is 0 Å². The maximum atomic E-state index is 11.2. The lowest BCUT2D eigenvalue weighted by molar-refractivity contribution is -0.137. The van der Waals surface area contributed by atoms with E-state index in [4.69, 9.17) is 10.2 Å². The minimum Gasteiger partial charge on any atom is -0.481 e. The van der Waals surface area contributed by atoms with Crippen molar-refractivity contribution < 1.29 is 28.2 Å². The number of halogens is 6. The molecule has 3 nitrogen and oxygen atoms in total. The van der Waals surface area contributed by atoms with E-state index in [1.165, 1.54) is 0 Å². The highest BCUT2D eigenvalue weighted by Crippen LogP contribution is 2.42. The molecule has 0 aliphatic carbocycles.